The summed E-state index contributed by atoms with van der Waals surface area (Å²) in [5.41, 5.74) is 1.67. The maximum Gasteiger partial charge on any atom is 0.273 e. The highest BCUT2D eigenvalue weighted by Crippen LogP contribution is 2.28. The van der Waals surface area contributed by atoms with E-state index in [2.05, 4.69) is 4.98 Å². The van der Waals surface area contributed by atoms with Crippen LogP contribution in [-0.4, -0.2) is 9.91 Å². The summed E-state index contributed by atoms with van der Waals surface area (Å²) in [6.07, 6.45) is 0. The number of benzene rings is 1. The van der Waals surface area contributed by atoms with Crippen LogP contribution in [0.2, 0.25) is 0 Å². The average Bonchev–Trinajstić information content (AvgIpc) is 2.42. The van der Waals surface area contributed by atoms with Crippen LogP contribution in [0.5, 0.6) is 0 Å². The van der Waals surface area contributed by atoms with Gasteiger partial charge in [0.15, 0.2) is 0 Å². The fourth-order valence-corrected chi connectivity index (χ4v) is 2.22. The highest BCUT2D eigenvalue weighted by Gasteiger charge is 2.13. The molecule has 1 aromatic carbocycles. The number of rotatable bonds is 1. The first kappa shape index (κ1) is 9.08. The highest BCUT2D eigenvalue weighted by molar-refractivity contribution is 7.18. The molecule has 4 nitrogen and oxygen atoms in total. The molecule has 5 heteroatoms. The summed E-state index contributed by atoms with van der Waals surface area (Å²) >= 11 is 1.48. The molecule has 0 fully saturated rings. The Morgan fingerprint density at radius 2 is 2.14 bits per heavy atom. The summed E-state index contributed by atoms with van der Waals surface area (Å²) in [4.78, 5) is 14.6. The number of hydrogen-bond acceptors (Lipinski definition) is 4. The van der Waals surface area contributed by atoms with Crippen LogP contribution in [0.1, 0.15) is 10.6 Å². The van der Waals surface area contributed by atoms with Gasteiger partial charge >= 0.3 is 0 Å². The minimum Gasteiger partial charge on any atom is -0.258 e. The zero-order valence-corrected chi connectivity index (χ0v) is 8.59. The average molecular weight is 208 g/mol. The highest BCUT2D eigenvalue weighted by atomic mass is 32.1. The van der Waals surface area contributed by atoms with E-state index in [1.165, 1.54) is 11.3 Å². The molecule has 0 unspecified atom stereocenters. The molecule has 0 aliphatic carbocycles. The number of aromatic nitrogens is 1. The molecular formula is C9H8N2O2S. The van der Waals surface area contributed by atoms with Crippen molar-refractivity contribution in [3.8, 4) is 0 Å². The number of thiazole rings is 1. The second-order valence-electron chi connectivity index (χ2n) is 3.10. The Kier molecular flexibility index (Phi) is 1.96. The smallest absolute Gasteiger partial charge is 0.258 e. The Morgan fingerprint density at radius 1 is 1.43 bits per heavy atom. The van der Waals surface area contributed by atoms with Crippen LogP contribution >= 0.6 is 11.3 Å². The van der Waals surface area contributed by atoms with Gasteiger partial charge in [0.2, 0.25) is 0 Å². The number of nitrogens with zero attached hydrogens (tertiary/aromatic N) is 2. The van der Waals surface area contributed by atoms with Gasteiger partial charge in [-0.3, -0.25) is 10.1 Å². The first-order valence-electron chi connectivity index (χ1n) is 4.10. The molecule has 0 radical (unpaired) electrons. The standard InChI is InChI=1S/C9H8N2O2S/c1-5-3-7-9(14-6(2)10-7)4-8(5)11(12)13/h3-4H,1-2H3. The molecule has 0 aliphatic heterocycles. The first-order chi connectivity index (χ1) is 6.58. The van der Waals surface area contributed by atoms with E-state index in [1.54, 1.807) is 19.1 Å². The van der Waals surface area contributed by atoms with E-state index in [1.807, 2.05) is 6.92 Å². The molecule has 0 atom stereocenters. The number of nitro groups is 1. The van der Waals surface area contributed by atoms with Crippen LogP contribution in [0.25, 0.3) is 10.2 Å². The zero-order valence-electron chi connectivity index (χ0n) is 7.77. The summed E-state index contributed by atoms with van der Waals surface area (Å²) in [6, 6.07) is 3.35. The molecule has 0 amide bonds. The van der Waals surface area contributed by atoms with Gasteiger partial charge in [-0.15, -0.1) is 11.3 Å². The van der Waals surface area contributed by atoms with Crippen molar-refractivity contribution < 1.29 is 4.92 Å². The van der Waals surface area contributed by atoms with E-state index < -0.39 is 0 Å². The maximum absolute atomic E-state index is 10.7. The summed E-state index contributed by atoms with van der Waals surface area (Å²) in [7, 11) is 0. The third-order valence-electron chi connectivity index (χ3n) is 2.01. The topological polar surface area (TPSA) is 56.0 Å². The lowest BCUT2D eigenvalue weighted by Crippen LogP contribution is -1.90. The molecule has 0 N–H and O–H groups in total. The van der Waals surface area contributed by atoms with Crippen molar-refractivity contribution in [2.45, 2.75) is 13.8 Å². The van der Waals surface area contributed by atoms with E-state index in [9.17, 15) is 10.1 Å². The van der Waals surface area contributed by atoms with Crippen LogP contribution < -0.4 is 0 Å². The van der Waals surface area contributed by atoms with Gasteiger partial charge in [-0.25, -0.2) is 4.98 Å². The Hall–Kier alpha value is -1.49. The van der Waals surface area contributed by atoms with Gasteiger partial charge in [-0.1, -0.05) is 0 Å². The zero-order chi connectivity index (χ0) is 10.3. The predicted octanol–water partition coefficient (Wildman–Crippen LogP) is 2.82. The Bertz CT molecular complexity index is 519. The fourth-order valence-electron chi connectivity index (χ4n) is 1.38. The molecule has 1 aromatic heterocycles. The van der Waals surface area contributed by atoms with Crippen molar-refractivity contribution in [2.24, 2.45) is 0 Å². The lowest BCUT2D eigenvalue weighted by Gasteiger charge is -1.95. The van der Waals surface area contributed by atoms with Crippen LogP contribution in [-0.2, 0) is 0 Å². The summed E-state index contributed by atoms with van der Waals surface area (Å²) in [5.74, 6) is 0. The Labute approximate surface area is 84.4 Å². The Morgan fingerprint density at radius 3 is 2.79 bits per heavy atom. The fraction of sp³-hybridized carbons (Fsp3) is 0.222. The molecule has 0 bridgehead atoms. The third kappa shape index (κ3) is 1.35. The maximum atomic E-state index is 10.7. The second-order valence-corrected chi connectivity index (χ2v) is 4.33. The molecule has 1 heterocycles. The van der Waals surface area contributed by atoms with Crippen molar-refractivity contribution in [3.05, 3.63) is 32.8 Å². The van der Waals surface area contributed by atoms with E-state index in [0.717, 1.165) is 15.2 Å². The number of fused-ring (bicyclic) bond motifs is 1. The second kappa shape index (κ2) is 3.02. The minimum atomic E-state index is -0.357. The van der Waals surface area contributed by atoms with E-state index in [4.69, 9.17) is 0 Å². The van der Waals surface area contributed by atoms with Gasteiger partial charge < -0.3 is 0 Å². The monoisotopic (exact) mass is 208 g/mol. The molecule has 2 aromatic rings. The lowest BCUT2D eigenvalue weighted by atomic mass is 10.2. The quantitative estimate of drug-likeness (QED) is 0.534. The van der Waals surface area contributed by atoms with E-state index in [-0.39, 0.29) is 10.6 Å². The molecule has 72 valence electrons. The minimum absolute atomic E-state index is 0.168. The number of hydrogen-bond donors (Lipinski definition) is 0. The normalized spacial score (nSPS) is 10.7. The van der Waals surface area contributed by atoms with E-state index in [0.29, 0.717) is 5.56 Å². The predicted molar refractivity (Wildman–Crippen MR) is 55.7 cm³/mol. The van der Waals surface area contributed by atoms with Crippen LogP contribution in [0.4, 0.5) is 5.69 Å². The molecular weight excluding hydrogens is 200 g/mol. The molecule has 14 heavy (non-hydrogen) atoms. The Balaban J connectivity index is 2.76. The van der Waals surface area contributed by atoms with Gasteiger partial charge in [0.1, 0.15) is 0 Å². The molecule has 0 saturated heterocycles. The van der Waals surface area contributed by atoms with Crippen molar-refractivity contribution >= 4 is 27.2 Å². The van der Waals surface area contributed by atoms with Gasteiger partial charge in [0, 0.05) is 11.6 Å². The van der Waals surface area contributed by atoms with Crippen molar-refractivity contribution in [1.82, 2.24) is 4.98 Å². The summed E-state index contributed by atoms with van der Waals surface area (Å²) in [5, 5.41) is 11.6. The van der Waals surface area contributed by atoms with Gasteiger partial charge in [-0.05, 0) is 19.9 Å². The van der Waals surface area contributed by atoms with E-state index >= 15 is 0 Å². The first-order valence-corrected chi connectivity index (χ1v) is 4.92. The number of aryl methyl sites for hydroxylation is 2. The van der Waals surface area contributed by atoms with Crippen LogP contribution in [0.3, 0.4) is 0 Å². The summed E-state index contributed by atoms with van der Waals surface area (Å²) in [6.45, 7) is 3.62. The van der Waals surface area contributed by atoms with Crippen molar-refractivity contribution in [3.63, 3.8) is 0 Å². The summed E-state index contributed by atoms with van der Waals surface area (Å²) < 4.78 is 0.875. The number of nitro benzene ring substituents is 1. The molecule has 0 saturated carbocycles. The van der Waals surface area contributed by atoms with Crippen molar-refractivity contribution in [1.29, 1.82) is 0 Å². The SMILES string of the molecule is Cc1nc2cc(C)c([N+](=O)[O-])cc2s1. The van der Waals surface area contributed by atoms with Crippen LogP contribution in [0.15, 0.2) is 12.1 Å². The third-order valence-corrected chi connectivity index (χ3v) is 2.94. The molecule has 2 rings (SSSR count). The largest absolute Gasteiger partial charge is 0.273 e. The van der Waals surface area contributed by atoms with Gasteiger partial charge in [-0.2, -0.15) is 0 Å². The van der Waals surface area contributed by atoms with Crippen LogP contribution in [0, 0.1) is 24.0 Å². The van der Waals surface area contributed by atoms with Gasteiger partial charge in [0.05, 0.1) is 20.1 Å². The van der Waals surface area contributed by atoms with Crippen molar-refractivity contribution in [2.75, 3.05) is 0 Å². The lowest BCUT2D eigenvalue weighted by molar-refractivity contribution is -0.385. The molecule has 0 spiro atoms. The van der Waals surface area contributed by atoms with Gasteiger partial charge in [0.25, 0.3) is 5.69 Å². The molecule has 0 aliphatic rings.